The lowest BCUT2D eigenvalue weighted by Crippen LogP contribution is -2.38. The molecule has 282 valence electrons. The van der Waals surface area contributed by atoms with Gasteiger partial charge >= 0.3 is 5.97 Å². The number of rotatable bonds is 35. The van der Waals surface area contributed by atoms with Crippen molar-refractivity contribution in [3.05, 3.63) is 0 Å². The molecule has 0 aliphatic heterocycles. The van der Waals surface area contributed by atoms with Crippen molar-refractivity contribution < 1.29 is 29.3 Å². The van der Waals surface area contributed by atoms with Crippen LogP contribution in [0, 0.1) is 11.8 Å². The van der Waals surface area contributed by atoms with Crippen molar-refractivity contribution in [2.45, 2.75) is 195 Å². The minimum atomic E-state index is -0.302. The lowest BCUT2D eigenvalue weighted by molar-refractivity contribution is -0.146. The highest BCUT2D eigenvalue weighted by atomic mass is 16.5. The van der Waals surface area contributed by atoms with Crippen molar-refractivity contribution >= 4 is 12.4 Å². The van der Waals surface area contributed by atoms with Gasteiger partial charge in [0.2, 0.25) is 0 Å². The van der Waals surface area contributed by atoms with E-state index in [1.165, 1.54) is 64.2 Å². The van der Waals surface area contributed by atoms with E-state index < -0.39 is 0 Å². The van der Waals surface area contributed by atoms with Gasteiger partial charge in [-0.3, -0.25) is 9.59 Å². The number of esters is 1. The summed E-state index contributed by atoms with van der Waals surface area (Å²) in [5, 5.41) is 20.3. The summed E-state index contributed by atoms with van der Waals surface area (Å²) in [7, 11) is 0. The first-order valence-electron chi connectivity index (χ1n) is 20.2. The summed E-state index contributed by atoms with van der Waals surface area (Å²) in [6, 6.07) is 0. The quantitative estimate of drug-likeness (QED) is 0.0393. The maximum atomic E-state index is 12.1. The first-order chi connectivity index (χ1) is 22.9. The second-order valence-corrected chi connectivity index (χ2v) is 13.7. The highest BCUT2D eigenvalue weighted by Gasteiger charge is 2.21. The molecule has 0 heterocycles. The van der Waals surface area contributed by atoms with E-state index in [4.69, 9.17) is 9.47 Å². The van der Waals surface area contributed by atoms with E-state index in [-0.39, 0.29) is 31.2 Å². The van der Waals surface area contributed by atoms with Gasteiger partial charge in [0.25, 0.3) is 6.47 Å². The molecule has 0 radical (unpaired) electrons. The fourth-order valence-electron chi connectivity index (χ4n) is 5.96. The summed E-state index contributed by atoms with van der Waals surface area (Å²) in [6.07, 6.45) is 26.6. The number of aliphatic hydroxyl groups is 2. The number of ether oxygens (including phenoxy) is 2. The molecule has 0 aliphatic carbocycles. The molecule has 7 heteroatoms. The molecule has 0 aromatic rings. The molecule has 47 heavy (non-hydrogen) atoms. The van der Waals surface area contributed by atoms with Gasteiger partial charge in [0.15, 0.2) is 0 Å². The first kappa shape index (κ1) is 47.9. The number of carbonyl (C=O) groups is 2. The number of hydrogen-bond donors (Lipinski definition) is 2. The molecule has 0 bridgehead atoms. The third-order valence-electron chi connectivity index (χ3n) is 9.14. The Morgan fingerprint density at radius 2 is 1.15 bits per heavy atom. The zero-order valence-corrected chi connectivity index (χ0v) is 32.0. The normalized spacial score (nSPS) is 12.5. The summed E-state index contributed by atoms with van der Waals surface area (Å²) in [6.45, 7) is 14.9. The highest BCUT2D eigenvalue weighted by molar-refractivity contribution is 5.69. The van der Waals surface area contributed by atoms with Gasteiger partial charge in [-0.15, -0.1) is 0 Å². The van der Waals surface area contributed by atoms with Gasteiger partial charge in [-0.2, -0.15) is 0 Å². The van der Waals surface area contributed by atoms with Crippen molar-refractivity contribution in [1.29, 1.82) is 0 Å². The lowest BCUT2D eigenvalue weighted by Gasteiger charge is -2.30. The molecule has 7 nitrogen and oxygen atoms in total. The molecule has 2 unspecified atom stereocenters. The van der Waals surface area contributed by atoms with Gasteiger partial charge in [-0.1, -0.05) is 137 Å². The molecule has 0 amide bonds. The fourth-order valence-corrected chi connectivity index (χ4v) is 5.96. The van der Waals surface area contributed by atoms with Crippen LogP contribution in [0.4, 0.5) is 0 Å². The topological polar surface area (TPSA) is 96.3 Å². The van der Waals surface area contributed by atoms with Gasteiger partial charge in [-0.25, -0.2) is 0 Å². The fraction of sp³-hybridized carbons (Fsp3) is 0.950. The van der Waals surface area contributed by atoms with E-state index in [9.17, 15) is 19.8 Å². The first-order valence-corrected chi connectivity index (χ1v) is 20.2. The number of carbonyl (C=O) groups excluding carboxylic acids is 2. The summed E-state index contributed by atoms with van der Waals surface area (Å²) < 4.78 is 10.5. The van der Waals surface area contributed by atoms with Crippen molar-refractivity contribution in [3.63, 3.8) is 0 Å². The zero-order valence-electron chi connectivity index (χ0n) is 32.0. The minimum absolute atomic E-state index is 0.0274. The maximum absolute atomic E-state index is 12.1. The van der Waals surface area contributed by atoms with Gasteiger partial charge in [0, 0.05) is 25.5 Å². The third kappa shape index (κ3) is 34.5. The van der Waals surface area contributed by atoms with Crippen LogP contribution >= 0.6 is 0 Å². The summed E-state index contributed by atoms with van der Waals surface area (Å²) >= 11 is 0. The molecule has 0 aromatic carbocycles. The molecular weight excluding hydrogens is 590 g/mol. The van der Waals surface area contributed by atoms with Gasteiger partial charge in [0.05, 0.1) is 19.3 Å². The molecule has 0 saturated carbocycles. The Kier molecular flexibility index (Phi) is 40.0. The number of aliphatic hydroxyl groups excluding tert-OH is 2. The van der Waals surface area contributed by atoms with E-state index in [1.54, 1.807) is 0 Å². The van der Waals surface area contributed by atoms with Gasteiger partial charge in [-0.05, 0) is 64.0 Å². The molecule has 0 spiro atoms. The van der Waals surface area contributed by atoms with Crippen LogP contribution in [0.2, 0.25) is 0 Å². The van der Waals surface area contributed by atoms with Crippen LogP contribution in [0.1, 0.15) is 189 Å². The molecule has 0 aliphatic rings. The average molecular weight is 672 g/mol. The summed E-state index contributed by atoms with van der Waals surface area (Å²) in [4.78, 5) is 25.2. The third-order valence-corrected chi connectivity index (χ3v) is 9.14. The predicted octanol–water partition coefficient (Wildman–Crippen LogP) is 10.0. The Labute approximate surface area is 292 Å². The van der Waals surface area contributed by atoms with Crippen LogP contribution < -0.4 is 0 Å². The van der Waals surface area contributed by atoms with E-state index in [0.717, 1.165) is 96.6 Å². The van der Waals surface area contributed by atoms with E-state index in [0.29, 0.717) is 32.0 Å². The number of unbranched alkanes of at least 4 members (excludes halogenated alkanes) is 14. The Hall–Kier alpha value is -1.18. The SMILES string of the molecule is CCCCCCCC.CCCCCCCC(=O)OCC(CCCCCN(CCCCO)CC(O)C(CCCC)CCCC)COC=O. The van der Waals surface area contributed by atoms with E-state index >= 15 is 0 Å². The van der Waals surface area contributed by atoms with Gasteiger partial charge < -0.3 is 24.6 Å². The largest absolute Gasteiger partial charge is 0.467 e. The second kappa shape index (κ2) is 39.3. The van der Waals surface area contributed by atoms with Crippen molar-refractivity contribution in [1.82, 2.24) is 4.90 Å². The second-order valence-electron chi connectivity index (χ2n) is 13.7. The molecule has 2 N–H and O–H groups in total. The predicted molar refractivity (Wildman–Crippen MR) is 199 cm³/mol. The van der Waals surface area contributed by atoms with E-state index in [2.05, 4.69) is 39.5 Å². The van der Waals surface area contributed by atoms with Crippen LogP contribution in [-0.4, -0.2) is 73.1 Å². The van der Waals surface area contributed by atoms with Crippen molar-refractivity contribution in [2.75, 3.05) is 39.5 Å². The minimum Gasteiger partial charge on any atom is -0.467 e. The highest BCUT2D eigenvalue weighted by Crippen LogP contribution is 2.22. The average Bonchev–Trinajstić information content (AvgIpc) is 3.07. The standard InChI is InChI=1S/C32H63NO6.C8H18/c1-4-7-10-11-14-21-32(37)39-27-29(26-38-28-35)18-13-12-15-22-33(23-16-17-24-34)25-31(36)30(19-8-5-2)20-9-6-3;1-3-5-7-8-6-4-2/h28-31,34,36H,4-27H2,1-3H3;3-8H2,1-2H3. The lowest BCUT2D eigenvalue weighted by atomic mass is 9.90. The smallest absolute Gasteiger partial charge is 0.305 e. The molecule has 0 saturated heterocycles. The van der Waals surface area contributed by atoms with Gasteiger partial charge in [0.1, 0.15) is 0 Å². The summed E-state index contributed by atoms with van der Waals surface area (Å²) in [5.74, 6) is 0.235. The molecule has 2 atom stereocenters. The molecule has 0 aromatic heterocycles. The molecular formula is C40H81NO6. The Balaban J connectivity index is 0. The van der Waals surface area contributed by atoms with Crippen LogP contribution in [0.3, 0.4) is 0 Å². The van der Waals surface area contributed by atoms with Crippen LogP contribution in [-0.2, 0) is 19.1 Å². The number of nitrogens with zero attached hydrogens (tertiary/aromatic N) is 1. The van der Waals surface area contributed by atoms with Crippen LogP contribution in [0.5, 0.6) is 0 Å². The monoisotopic (exact) mass is 672 g/mol. The number of hydrogen-bond acceptors (Lipinski definition) is 7. The van der Waals surface area contributed by atoms with Crippen molar-refractivity contribution in [2.24, 2.45) is 11.8 Å². The Bertz CT molecular complexity index is 620. The van der Waals surface area contributed by atoms with E-state index in [1.807, 2.05) is 0 Å². The maximum Gasteiger partial charge on any atom is 0.305 e. The van der Waals surface area contributed by atoms with Crippen LogP contribution in [0.25, 0.3) is 0 Å². The zero-order chi connectivity index (χ0) is 35.2. The Morgan fingerprint density at radius 3 is 1.66 bits per heavy atom. The molecule has 0 rings (SSSR count). The Morgan fingerprint density at radius 1 is 0.638 bits per heavy atom. The molecule has 0 fully saturated rings. The van der Waals surface area contributed by atoms with Crippen LogP contribution in [0.15, 0.2) is 0 Å². The van der Waals surface area contributed by atoms with Crippen molar-refractivity contribution in [3.8, 4) is 0 Å². The summed E-state index contributed by atoms with van der Waals surface area (Å²) in [5.41, 5.74) is 0.